The largest absolute Gasteiger partial charge is 0.299 e. The molecule has 0 aliphatic heterocycles. The number of aromatic nitrogens is 2. The fraction of sp³-hybridized carbons (Fsp3) is 0.357. The van der Waals surface area contributed by atoms with Crippen LogP contribution in [0.1, 0.15) is 29.7 Å². The number of halogens is 1. The number of hydrogen-bond acceptors (Lipinski definition) is 1. The van der Waals surface area contributed by atoms with Crippen molar-refractivity contribution in [2.45, 2.75) is 32.2 Å². The maximum atomic E-state index is 12.2. The molecule has 1 aromatic carbocycles. The zero-order chi connectivity index (χ0) is 12.5. The summed E-state index contributed by atoms with van der Waals surface area (Å²) in [5.41, 5.74) is 3.44. The van der Waals surface area contributed by atoms with E-state index in [9.17, 15) is 4.79 Å². The first kappa shape index (κ1) is 11.8. The molecule has 3 rings (SSSR count). The molecule has 1 N–H and O–H groups in total. The van der Waals surface area contributed by atoms with Crippen LogP contribution in [0.15, 0.2) is 33.5 Å². The Balaban J connectivity index is 1.91. The third-order valence-corrected chi connectivity index (χ3v) is 4.02. The van der Waals surface area contributed by atoms with E-state index in [1.165, 1.54) is 6.42 Å². The minimum atomic E-state index is 0.160. The molecule has 0 spiro atoms. The van der Waals surface area contributed by atoms with E-state index in [-0.39, 0.29) is 5.56 Å². The molecule has 3 nitrogen and oxygen atoms in total. The van der Waals surface area contributed by atoms with Gasteiger partial charge in [0.25, 0.3) is 5.56 Å². The fourth-order valence-corrected chi connectivity index (χ4v) is 2.79. The second-order valence-corrected chi connectivity index (χ2v) is 5.71. The van der Waals surface area contributed by atoms with E-state index < -0.39 is 0 Å². The molecule has 18 heavy (non-hydrogen) atoms. The molecular weight excluding hydrogens is 292 g/mol. The van der Waals surface area contributed by atoms with Crippen LogP contribution in [-0.2, 0) is 19.4 Å². The van der Waals surface area contributed by atoms with Crippen LogP contribution in [0.25, 0.3) is 0 Å². The van der Waals surface area contributed by atoms with E-state index in [0.717, 1.165) is 40.6 Å². The highest BCUT2D eigenvalue weighted by Gasteiger charge is 2.17. The molecule has 0 atom stereocenters. The molecule has 0 saturated heterocycles. The van der Waals surface area contributed by atoms with Crippen molar-refractivity contribution in [1.82, 2.24) is 9.78 Å². The monoisotopic (exact) mass is 306 g/mol. The van der Waals surface area contributed by atoms with E-state index in [0.29, 0.717) is 6.54 Å². The van der Waals surface area contributed by atoms with Gasteiger partial charge in [0.1, 0.15) is 0 Å². The number of rotatable bonds is 2. The first-order chi connectivity index (χ1) is 8.74. The van der Waals surface area contributed by atoms with Gasteiger partial charge in [-0.2, -0.15) is 0 Å². The zero-order valence-electron chi connectivity index (χ0n) is 10.1. The lowest BCUT2D eigenvalue weighted by Crippen LogP contribution is -2.20. The summed E-state index contributed by atoms with van der Waals surface area (Å²) < 4.78 is 2.79. The Morgan fingerprint density at radius 3 is 2.61 bits per heavy atom. The van der Waals surface area contributed by atoms with Crippen molar-refractivity contribution in [2.24, 2.45) is 0 Å². The molecule has 1 aliphatic rings. The number of H-pyrrole nitrogens is 1. The highest BCUT2D eigenvalue weighted by Crippen LogP contribution is 2.17. The third-order valence-electron chi connectivity index (χ3n) is 3.50. The van der Waals surface area contributed by atoms with Crippen molar-refractivity contribution >= 4 is 15.9 Å². The van der Waals surface area contributed by atoms with Gasteiger partial charge in [-0.25, -0.2) is 4.68 Å². The van der Waals surface area contributed by atoms with E-state index in [4.69, 9.17) is 0 Å². The topological polar surface area (TPSA) is 37.8 Å². The van der Waals surface area contributed by atoms with Crippen molar-refractivity contribution in [3.63, 3.8) is 0 Å². The fourth-order valence-electron chi connectivity index (χ4n) is 2.53. The Morgan fingerprint density at radius 2 is 1.89 bits per heavy atom. The lowest BCUT2D eigenvalue weighted by molar-refractivity contribution is 0.639. The van der Waals surface area contributed by atoms with Crippen molar-refractivity contribution in [3.8, 4) is 0 Å². The van der Waals surface area contributed by atoms with Gasteiger partial charge < -0.3 is 0 Å². The molecule has 0 bridgehead atoms. The number of benzene rings is 1. The summed E-state index contributed by atoms with van der Waals surface area (Å²) in [5, 5.41) is 3.26. The Morgan fingerprint density at radius 1 is 1.17 bits per heavy atom. The van der Waals surface area contributed by atoms with Crippen LogP contribution in [0.2, 0.25) is 0 Å². The lowest BCUT2D eigenvalue weighted by Gasteiger charge is -2.07. The normalized spacial score (nSPS) is 14.5. The van der Waals surface area contributed by atoms with Gasteiger partial charge in [-0.05, 0) is 43.4 Å². The van der Waals surface area contributed by atoms with Crippen LogP contribution < -0.4 is 5.56 Å². The third kappa shape index (κ3) is 2.17. The average molecular weight is 307 g/mol. The first-order valence-corrected chi connectivity index (χ1v) is 7.08. The average Bonchev–Trinajstić information content (AvgIpc) is 2.70. The number of aryl methyl sites for hydroxylation is 1. The van der Waals surface area contributed by atoms with Crippen molar-refractivity contribution in [2.75, 3.05) is 0 Å². The molecule has 0 amide bonds. The molecule has 1 aliphatic carbocycles. The summed E-state index contributed by atoms with van der Waals surface area (Å²) in [6, 6.07) is 8.08. The summed E-state index contributed by atoms with van der Waals surface area (Å²) in [4.78, 5) is 12.2. The number of hydrogen-bond donors (Lipinski definition) is 1. The first-order valence-electron chi connectivity index (χ1n) is 6.29. The molecular formula is C14H15BrN2O. The van der Waals surface area contributed by atoms with Crippen molar-refractivity contribution in [3.05, 3.63) is 55.9 Å². The lowest BCUT2D eigenvalue weighted by atomic mass is 9.98. The van der Waals surface area contributed by atoms with Crippen LogP contribution in [0, 0.1) is 0 Å². The molecule has 1 aromatic heterocycles. The maximum absolute atomic E-state index is 12.2. The van der Waals surface area contributed by atoms with Crippen LogP contribution in [0.5, 0.6) is 0 Å². The maximum Gasteiger partial charge on any atom is 0.270 e. The highest BCUT2D eigenvalue weighted by atomic mass is 79.9. The summed E-state index contributed by atoms with van der Waals surface area (Å²) in [5.74, 6) is 0. The molecule has 0 unspecified atom stereocenters. The van der Waals surface area contributed by atoms with Gasteiger partial charge in [-0.1, -0.05) is 28.1 Å². The summed E-state index contributed by atoms with van der Waals surface area (Å²) in [6.07, 6.45) is 4.26. The summed E-state index contributed by atoms with van der Waals surface area (Å²) in [7, 11) is 0. The van der Waals surface area contributed by atoms with Gasteiger partial charge >= 0.3 is 0 Å². The van der Waals surface area contributed by atoms with Gasteiger partial charge in [0.05, 0.1) is 6.54 Å². The van der Waals surface area contributed by atoms with Gasteiger partial charge in [-0.3, -0.25) is 9.89 Å². The van der Waals surface area contributed by atoms with Gasteiger partial charge in [0.15, 0.2) is 0 Å². The van der Waals surface area contributed by atoms with E-state index in [1.807, 2.05) is 24.3 Å². The number of nitrogens with zero attached hydrogens (tertiary/aromatic N) is 1. The van der Waals surface area contributed by atoms with Crippen LogP contribution in [0.3, 0.4) is 0 Å². The standard InChI is InChI=1S/C14H15BrN2O/c15-11-7-5-10(6-8-11)9-17-14(18)12-3-1-2-4-13(12)16-17/h5-8,16H,1-4,9H2. The van der Waals surface area contributed by atoms with Crippen LogP contribution in [0.4, 0.5) is 0 Å². The number of aromatic amines is 1. The van der Waals surface area contributed by atoms with Crippen molar-refractivity contribution < 1.29 is 0 Å². The SMILES string of the molecule is O=c1c2c([nH]n1Cc1ccc(Br)cc1)CCCC2. The van der Waals surface area contributed by atoms with E-state index >= 15 is 0 Å². The summed E-state index contributed by atoms with van der Waals surface area (Å²) in [6.45, 7) is 0.624. The number of nitrogens with one attached hydrogen (secondary N) is 1. The number of fused-ring (bicyclic) bond motifs is 1. The van der Waals surface area contributed by atoms with Crippen LogP contribution in [-0.4, -0.2) is 9.78 Å². The van der Waals surface area contributed by atoms with E-state index in [2.05, 4.69) is 21.0 Å². The Kier molecular flexibility index (Phi) is 3.12. The second kappa shape index (κ2) is 4.76. The highest BCUT2D eigenvalue weighted by molar-refractivity contribution is 9.10. The smallest absolute Gasteiger partial charge is 0.270 e. The van der Waals surface area contributed by atoms with Gasteiger partial charge in [0, 0.05) is 15.7 Å². The predicted molar refractivity (Wildman–Crippen MR) is 74.9 cm³/mol. The molecule has 94 valence electrons. The minimum Gasteiger partial charge on any atom is -0.299 e. The molecule has 0 saturated carbocycles. The summed E-state index contributed by atoms with van der Waals surface area (Å²) >= 11 is 3.42. The minimum absolute atomic E-state index is 0.160. The van der Waals surface area contributed by atoms with Crippen molar-refractivity contribution in [1.29, 1.82) is 0 Å². The molecule has 0 fully saturated rings. The Labute approximate surface area is 114 Å². The Hall–Kier alpha value is -1.29. The predicted octanol–water partition coefficient (Wildman–Crippen LogP) is 2.87. The quantitative estimate of drug-likeness (QED) is 0.910. The second-order valence-electron chi connectivity index (χ2n) is 4.79. The molecule has 0 radical (unpaired) electrons. The van der Waals surface area contributed by atoms with E-state index in [1.54, 1.807) is 4.68 Å². The van der Waals surface area contributed by atoms with Crippen LogP contribution >= 0.6 is 15.9 Å². The van der Waals surface area contributed by atoms with Gasteiger partial charge in [-0.15, -0.1) is 0 Å². The molecule has 4 heteroatoms. The van der Waals surface area contributed by atoms with Gasteiger partial charge in [0.2, 0.25) is 0 Å². The molecule has 1 heterocycles. The molecule has 2 aromatic rings. The zero-order valence-corrected chi connectivity index (χ0v) is 11.7. The Bertz CT molecular complexity index is 610.